The van der Waals surface area contributed by atoms with Gasteiger partial charge >= 0.3 is 12.1 Å². The number of ether oxygens (including phenoxy) is 1. The summed E-state index contributed by atoms with van der Waals surface area (Å²) >= 11 is 0. The fourth-order valence-electron chi connectivity index (χ4n) is 2.69. The molecule has 2 rings (SSSR count). The Morgan fingerprint density at radius 1 is 1.36 bits per heavy atom. The van der Waals surface area contributed by atoms with Crippen LogP contribution in [-0.4, -0.2) is 60.2 Å². The molecule has 6 heteroatoms. The lowest BCUT2D eigenvalue weighted by Gasteiger charge is -2.20. The summed E-state index contributed by atoms with van der Waals surface area (Å²) in [7, 11) is 1.78. The van der Waals surface area contributed by atoms with Crippen molar-refractivity contribution in [1.82, 2.24) is 9.80 Å². The molecule has 0 saturated carbocycles. The van der Waals surface area contributed by atoms with Crippen LogP contribution >= 0.6 is 0 Å². The first kappa shape index (κ1) is 16.3. The average Bonchev–Trinajstić information content (AvgIpc) is 2.93. The number of rotatable bonds is 6. The Bertz CT molecular complexity index is 506. The molecular weight excluding hydrogens is 284 g/mol. The van der Waals surface area contributed by atoms with Gasteiger partial charge in [-0.1, -0.05) is 30.3 Å². The van der Waals surface area contributed by atoms with Gasteiger partial charge in [-0.15, -0.1) is 0 Å². The second-order valence-electron chi connectivity index (χ2n) is 5.73. The van der Waals surface area contributed by atoms with Crippen LogP contribution in [0, 0.1) is 5.92 Å². The Kier molecular flexibility index (Phi) is 5.77. The van der Waals surface area contributed by atoms with E-state index in [-0.39, 0.29) is 19.2 Å². The third-order valence-electron chi connectivity index (χ3n) is 3.72. The minimum absolute atomic E-state index is 0.0228. The molecule has 0 aromatic heterocycles. The standard InChI is InChI=1S/C16H22N2O4/c1-17(11-15(19)20)9-14-7-8-18(10-14)16(21)22-12-13-5-3-2-4-6-13/h2-6,14H,7-12H2,1H3,(H,19,20). The van der Waals surface area contributed by atoms with Crippen molar-refractivity contribution in [3.8, 4) is 0 Å². The summed E-state index contributed by atoms with van der Waals surface area (Å²) in [4.78, 5) is 26.1. The largest absolute Gasteiger partial charge is 0.480 e. The van der Waals surface area contributed by atoms with Crippen molar-refractivity contribution in [2.45, 2.75) is 13.0 Å². The predicted octanol–water partition coefficient (Wildman–Crippen LogP) is 1.66. The van der Waals surface area contributed by atoms with Crippen molar-refractivity contribution in [3.05, 3.63) is 35.9 Å². The van der Waals surface area contributed by atoms with Crippen LogP contribution in [0.15, 0.2) is 30.3 Å². The number of hydrogen-bond acceptors (Lipinski definition) is 4. The smallest absolute Gasteiger partial charge is 0.410 e. The Morgan fingerprint density at radius 3 is 2.77 bits per heavy atom. The highest BCUT2D eigenvalue weighted by Crippen LogP contribution is 2.18. The third-order valence-corrected chi connectivity index (χ3v) is 3.72. The Labute approximate surface area is 130 Å². The van der Waals surface area contributed by atoms with Gasteiger partial charge in [0.2, 0.25) is 0 Å². The number of benzene rings is 1. The van der Waals surface area contributed by atoms with Crippen LogP contribution in [0.25, 0.3) is 0 Å². The van der Waals surface area contributed by atoms with E-state index in [1.807, 2.05) is 30.3 Å². The molecule has 0 bridgehead atoms. The SMILES string of the molecule is CN(CC(=O)O)CC1CCN(C(=O)OCc2ccccc2)C1. The molecule has 0 aliphatic carbocycles. The van der Waals surface area contributed by atoms with Crippen LogP contribution < -0.4 is 0 Å². The summed E-state index contributed by atoms with van der Waals surface area (Å²) < 4.78 is 5.31. The number of hydrogen-bond donors (Lipinski definition) is 1. The lowest BCUT2D eigenvalue weighted by atomic mass is 10.1. The second kappa shape index (κ2) is 7.79. The van der Waals surface area contributed by atoms with Gasteiger partial charge in [0.1, 0.15) is 6.61 Å². The van der Waals surface area contributed by atoms with Crippen molar-refractivity contribution in [1.29, 1.82) is 0 Å². The number of aliphatic carboxylic acids is 1. The third kappa shape index (κ3) is 5.04. The minimum atomic E-state index is -0.834. The van der Waals surface area contributed by atoms with Crippen molar-refractivity contribution in [2.24, 2.45) is 5.92 Å². The number of amides is 1. The summed E-state index contributed by atoms with van der Waals surface area (Å²) in [5.41, 5.74) is 0.966. The van der Waals surface area contributed by atoms with E-state index >= 15 is 0 Å². The molecule has 1 atom stereocenters. The molecule has 1 fully saturated rings. The number of likely N-dealkylation sites (N-methyl/N-ethyl adjacent to an activating group) is 1. The molecule has 1 aromatic carbocycles. The predicted molar refractivity (Wildman–Crippen MR) is 81.4 cm³/mol. The maximum absolute atomic E-state index is 12.0. The topological polar surface area (TPSA) is 70.1 Å². The lowest BCUT2D eigenvalue weighted by Crippen LogP contribution is -2.33. The quantitative estimate of drug-likeness (QED) is 0.865. The average molecular weight is 306 g/mol. The zero-order valence-corrected chi connectivity index (χ0v) is 12.8. The first-order chi connectivity index (χ1) is 10.5. The summed E-state index contributed by atoms with van der Waals surface area (Å²) in [6.45, 7) is 2.26. The van der Waals surface area contributed by atoms with E-state index in [4.69, 9.17) is 9.84 Å². The van der Waals surface area contributed by atoms with Crippen LogP contribution in [0.4, 0.5) is 4.79 Å². The van der Waals surface area contributed by atoms with E-state index in [0.717, 1.165) is 12.0 Å². The van der Waals surface area contributed by atoms with Gasteiger partial charge in [0.05, 0.1) is 6.54 Å². The summed E-state index contributed by atoms with van der Waals surface area (Å²) in [6, 6.07) is 9.58. The van der Waals surface area contributed by atoms with E-state index in [9.17, 15) is 9.59 Å². The second-order valence-corrected chi connectivity index (χ2v) is 5.73. The van der Waals surface area contributed by atoms with Gasteiger partial charge in [0.25, 0.3) is 0 Å². The number of carboxylic acid groups (broad SMARTS) is 1. The molecule has 1 unspecified atom stereocenters. The minimum Gasteiger partial charge on any atom is -0.480 e. The monoisotopic (exact) mass is 306 g/mol. The number of nitrogens with zero attached hydrogens (tertiary/aromatic N) is 2. The van der Waals surface area contributed by atoms with Crippen molar-refractivity contribution in [2.75, 3.05) is 33.2 Å². The zero-order chi connectivity index (χ0) is 15.9. The van der Waals surface area contributed by atoms with Gasteiger partial charge < -0.3 is 14.7 Å². The Hall–Kier alpha value is -2.08. The highest BCUT2D eigenvalue weighted by molar-refractivity contribution is 5.69. The molecule has 1 aliphatic rings. The molecule has 1 aliphatic heterocycles. The maximum atomic E-state index is 12.0. The first-order valence-corrected chi connectivity index (χ1v) is 7.40. The number of likely N-dealkylation sites (tertiary alicyclic amines) is 1. The Morgan fingerprint density at radius 2 is 2.09 bits per heavy atom. The lowest BCUT2D eigenvalue weighted by molar-refractivity contribution is -0.138. The van der Waals surface area contributed by atoms with Crippen LogP contribution in [0.5, 0.6) is 0 Å². The fourth-order valence-corrected chi connectivity index (χ4v) is 2.69. The van der Waals surface area contributed by atoms with Crippen LogP contribution in [-0.2, 0) is 16.1 Å². The zero-order valence-electron chi connectivity index (χ0n) is 12.8. The molecular formula is C16H22N2O4. The van der Waals surface area contributed by atoms with Crippen LogP contribution in [0.1, 0.15) is 12.0 Å². The maximum Gasteiger partial charge on any atom is 0.410 e. The van der Waals surface area contributed by atoms with E-state index in [0.29, 0.717) is 25.6 Å². The molecule has 22 heavy (non-hydrogen) atoms. The summed E-state index contributed by atoms with van der Waals surface area (Å²) in [6.07, 6.45) is 0.581. The van der Waals surface area contributed by atoms with Gasteiger partial charge in [-0.3, -0.25) is 9.69 Å². The van der Waals surface area contributed by atoms with Crippen molar-refractivity contribution >= 4 is 12.1 Å². The Balaban J connectivity index is 1.73. The molecule has 1 N–H and O–H groups in total. The van der Waals surface area contributed by atoms with E-state index in [2.05, 4.69) is 0 Å². The highest BCUT2D eigenvalue weighted by Gasteiger charge is 2.28. The first-order valence-electron chi connectivity index (χ1n) is 7.40. The molecule has 120 valence electrons. The molecule has 1 amide bonds. The van der Waals surface area contributed by atoms with E-state index < -0.39 is 5.97 Å². The molecule has 1 heterocycles. The van der Waals surface area contributed by atoms with Gasteiger partial charge in [-0.2, -0.15) is 0 Å². The number of carbonyl (C=O) groups is 2. The van der Waals surface area contributed by atoms with Crippen molar-refractivity contribution in [3.63, 3.8) is 0 Å². The number of carboxylic acids is 1. The van der Waals surface area contributed by atoms with E-state index in [1.165, 1.54) is 0 Å². The summed E-state index contributed by atoms with van der Waals surface area (Å²) in [5, 5.41) is 8.75. The molecule has 1 aromatic rings. The normalized spacial score (nSPS) is 17.7. The molecule has 0 spiro atoms. The van der Waals surface area contributed by atoms with Crippen molar-refractivity contribution < 1.29 is 19.4 Å². The van der Waals surface area contributed by atoms with Crippen LogP contribution in [0.3, 0.4) is 0 Å². The molecule has 0 radical (unpaired) electrons. The van der Waals surface area contributed by atoms with Gasteiger partial charge in [-0.25, -0.2) is 4.79 Å². The molecule has 1 saturated heterocycles. The molecule has 6 nitrogen and oxygen atoms in total. The van der Waals surface area contributed by atoms with Gasteiger partial charge in [-0.05, 0) is 24.9 Å². The van der Waals surface area contributed by atoms with E-state index in [1.54, 1.807) is 16.8 Å². The number of carbonyl (C=O) groups excluding carboxylic acids is 1. The fraction of sp³-hybridized carbons (Fsp3) is 0.500. The van der Waals surface area contributed by atoms with Gasteiger partial charge in [0, 0.05) is 19.6 Å². The van der Waals surface area contributed by atoms with Crippen LogP contribution in [0.2, 0.25) is 0 Å². The van der Waals surface area contributed by atoms with Gasteiger partial charge in [0.15, 0.2) is 0 Å². The highest BCUT2D eigenvalue weighted by atomic mass is 16.6. The summed E-state index contributed by atoms with van der Waals surface area (Å²) in [5.74, 6) is -0.534.